The monoisotopic (exact) mass is 237 g/mol. The molecule has 1 fully saturated rings. The maximum absolute atomic E-state index is 13.4. The molecule has 0 aromatic heterocycles. The van der Waals surface area contributed by atoms with E-state index in [1.54, 1.807) is 0 Å². The fraction of sp³-hybridized carbons (Fsp3) is 0.462. The Bertz CT molecular complexity index is 429. The van der Waals surface area contributed by atoms with Crippen LogP contribution in [0.15, 0.2) is 18.2 Å². The topological polar surface area (TPSA) is 49.3 Å². The fourth-order valence-electron chi connectivity index (χ4n) is 2.03. The van der Waals surface area contributed by atoms with Crippen molar-refractivity contribution < 1.29 is 14.3 Å². The van der Waals surface area contributed by atoms with Crippen LogP contribution in [0, 0.1) is 11.7 Å². The van der Waals surface area contributed by atoms with E-state index in [0.717, 1.165) is 18.9 Å². The molecular weight excluding hydrogens is 221 g/mol. The Labute approximate surface area is 99.7 Å². The van der Waals surface area contributed by atoms with Crippen LogP contribution in [0.4, 0.5) is 4.39 Å². The number of halogens is 1. The summed E-state index contributed by atoms with van der Waals surface area (Å²) in [5.74, 6) is -0.768. The number of phenols is 1. The van der Waals surface area contributed by atoms with Gasteiger partial charge >= 0.3 is 0 Å². The first-order valence-electron chi connectivity index (χ1n) is 5.87. The lowest BCUT2D eigenvalue weighted by atomic mass is 9.80. The Balaban J connectivity index is 2.03. The number of hydrogen-bond donors (Lipinski definition) is 2. The third-order valence-electron chi connectivity index (χ3n) is 3.41. The predicted molar refractivity (Wildman–Crippen MR) is 62.3 cm³/mol. The Morgan fingerprint density at radius 2 is 2.24 bits per heavy atom. The average Bonchev–Trinajstić information content (AvgIpc) is 2.13. The highest BCUT2D eigenvalue weighted by Gasteiger charge is 2.25. The maximum Gasteiger partial charge on any atom is 0.254 e. The van der Waals surface area contributed by atoms with Crippen LogP contribution in [-0.2, 0) is 0 Å². The summed E-state index contributed by atoms with van der Waals surface area (Å²) in [7, 11) is 0. The molecule has 1 amide bonds. The summed E-state index contributed by atoms with van der Waals surface area (Å²) in [6, 6.07) is 3.63. The molecule has 1 aliphatic carbocycles. The van der Waals surface area contributed by atoms with Crippen LogP contribution < -0.4 is 5.32 Å². The molecule has 0 bridgehead atoms. The zero-order valence-corrected chi connectivity index (χ0v) is 9.74. The number of rotatable bonds is 3. The molecule has 4 heteroatoms. The zero-order valence-electron chi connectivity index (χ0n) is 9.74. The molecule has 92 valence electrons. The van der Waals surface area contributed by atoms with Crippen LogP contribution in [0.3, 0.4) is 0 Å². The van der Waals surface area contributed by atoms with E-state index in [0.29, 0.717) is 5.92 Å². The van der Waals surface area contributed by atoms with E-state index in [9.17, 15) is 9.18 Å². The Hall–Kier alpha value is -1.58. The van der Waals surface area contributed by atoms with Crippen LogP contribution in [-0.4, -0.2) is 17.1 Å². The molecule has 0 aliphatic heterocycles. The second-order valence-electron chi connectivity index (χ2n) is 4.62. The molecule has 1 aromatic carbocycles. The highest BCUT2D eigenvalue weighted by atomic mass is 19.1. The van der Waals surface area contributed by atoms with E-state index in [1.165, 1.54) is 18.6 Å². The number of carbonyl (C=O) groups is 1. The van der Waals surface area contributed by atoms with Crippen molar-refractivity contribution in [1.29, 1.82) is 0 Å². The fourth-order valence-corrected chi connectivity index (χ4v) is 2.03. The van der Waals surface area contributed by atoms with Crippen molar-refractivity contribution in [2.45, 2.75) is 32.2 Å². The summed E-state index contributed by atoms with van der Waals surface area (Å²) in [4.78, 5) is 11.8. The molecule has 0 spiro atoms. The van der Waals surface area contributed by atoms with E-state index in [2.05, 4.69) is 5.32 Å². The first kappa shape index (κ1) is 11.9. The van der Waals surface area contributed by atoms with E-state index < -0.39 is 11.7 Å². The molecule has 17 heavy (non-hydrogen) atoms. The maximum atomic E-state index is 13.4. The summed E-state index contributed by atoms with van der Waals surface area (Å²) in [5, 5.41) is 11.9. The Morgan fingerprint density at radius 3 is 2.76 bits per heavy atom. The molecule has 3 nitrogen and oxygen atoms in total. The van der Waals surface area contributed by atoms with Gasteiger partial charge in [-0.15, -0.1) is 0 Å². The second-order valence-corrected chi connectivity index (χ2v) is 4.62. The van der Waals surface area contributed by atoms with Crippen molar-refractivity contribution in [3.8, 4) is 5.75 Å². The van der Waals surface area contributed by atoms with Gasteiger partial charge in [0.15, 0.2) is 0 Å². The molecule has 0 saturated heterocycles. The lowest BCUT2D eigenvalue weighted by Crippen LogP contribution is -2.40. The SMILES string of the molecule is CC(NC(=O)c1ccc(O)cc1F)C1CCC1. The van der Waals surface area contributed by atoms with Crippen molar-refractivity contribution in [2.75, 3.05) is 0 Å². The van der Waals surface area contributed by atoms with Crippen LogP contribution in [0.2, 0.25) is 0 Å². The number of amides is 1. The van der Waals surface area contributed by atoms with E-state index in [-0.39, 0.29) is 17.4 Å². The van der Waals surface area contributed by atoms with Gasteiger partial charge in [0.1, 0.15) is 11.6 Å². The van der Waals surface area contributed by atoms with Gasteiger partial charge in [0.05, 0.1) is 5.56 Å². The van der Waals surface area contributed by atoms with Crippen molar-refractivity contribution >= 4 is 5.91 Å². The van der Waals surface area contributed by atoms with Crippen LogP contribution in [0.5, 0.6) is 5.75 Å². The minimum Gasteiger partial charge on any atom is -0.508 e. The van der Waals surface area contributed by atoms with E-state index in [4.69, 9.17) is 5.11 Å². The molecule has 1 aliphatic rings. The second kappa shape index (κ2) is 4.73. The van der Waals surface area contributed by atoms with Crippen LogP contribution >= 0.6 is 0 Å². The number of phenolic OH excluding ortho intramolecular Hbond substituents is 1. The van der Waals surface area contributed by atoms with Gasteiger partial charge in [0.2, 0.25) is 0 Å². The standard InChI is InChI=1S/C13H16FNO2/c1-8(9-3-2-4-9)15-13(17)11-6-5-10(16)7-12(11)14/h5-9,16H,2-4H2,1H3,(H,15,17). The summed E-state index contributed by atoms with van der Waals surface area (Å²) >= 11 is 0. The van der Waals surface area contributed by atoms with Crippen molar-refractivity contribution in [1.82, 2.24) is 5.32 Å². The van der Waals surface area contributed by atoms with Gasteiger partial charge in [-0.25, -0.2) is 4.39 Å². The third-order valence-corrected chi connectivity index (χ3v) is 3.41. The van der Waals surface area contributed by atoms with Gasteiger partial charge in [-0.3, -0.25) is 4.79 Å². The van der Waals surface area contributed by atoms with Crippen LogP contribution in [0.1, 0.15) is 36.5 Å². The lowest BCUT2D eigenvalue weighted by Gasteiger charge is -2.31. The normalized spacial score (nSPS) is 17.3. The largest absolute Gasteiger partial charge is 0.508 e. The summed E-state index contributed by atoms with van der Waals surface area (Å²) in [6.45, 7) is 1.94. The Kier molecular flexibility index (Phi) is 3.31. The number of aromatic hydroxyl groups is 1. The van der Waals surface area contributed by atoms with Gasteiger partial charge in [0, 0.05) is 12.1 Å². The Morgan fingerprint density at radius 1 is 1.53 bits per heavy atom. The molecule has 1 aromatic rings. The summed E-state index contributed by atoms with van der Waals surface area (Å²) < 4.78 is 13.4. The van der Waals surface area contributed by atoms with E-state index in [1.807, 2.05) is 6.92 Å². The minimum atomic E-state index is -0.691. The molecular formula is C13H16FNO2. The molecule has 2 rings (SSSR count). The average molecular weight is 237 g/mol. The van der Waals surface area contributed by atoms with Crippen molar-refractivity contribution in [3.63, 3.8) is 0 Å². The smallest absolute Gasteiger partial charge is 0.254 e. The quantitative estimate of drug-likeness (QED) is 0.848. The predicted octanol–water partition coefficient (Wildman–Crippen LogP) is 2.45. The molecule has 1 saturated carbocycles. The zero-order chi connectivity index (χ0) is 12.4. The first-order chi connectivity index (χ1) is 8.08. The van der Waals surface area contributed by atoms with Gasteiger partial charge < -0.3 is 10.4 Å². The first-order valence-corrected chi connectivity index (χ1v) is 5.87. The minimum absolute atomic E-state index is 0.0195. The number of nitrogens with one attached hydrogen (secondary N) is 1. The van der Waals surface area contributed by atoms with Crippen LogP contribution in [0.25, 0.3) is 0 Å². The molecule has 2 N–H and O–H groups in total. The summed E-state index contributed by atoms with van der Waals surface area (Å²) in [6.07, 6.45) is 3.46. The van der Waals surface area contributed by atoms with Crippen molar-refractivity contribution in [2.24, 2.45) is 5.92 Å². The van der Waals surface area contributed by atoms with Gasteiger partial charge in [-0.1, -0.05) is 6.42 Å². The van der Waals surface area contributed by atoms with E-state index >= 15 is 0 Å². The summed E-state index contributed by atoms with van der Waals surface area (Å²) in [5.41, 5.74) is -0.0195. The number of benzene rings is 1. The molecule has 1 unspecified atom stereocenters. The third kappa shape index (κ3) is 2.57. The lowest BCUT2D eigenvalue weighted by molar-refractivity contribution is 0.0905. The number of carbonyl (C=O) groups excluding carboxylic acids is 1. The van der Waals surface area contributed by atoms with Gasteiger partial charge in [-0.05, 0) is 37.8 Å². The highest BCUT2D eigenvalue weighted by Crippen LogP contribution is 2.29. The molecule has 1 atom stereocenters. The van der Waals surface area contributed by atoms with Gasteiger partial charge in [-0.2, -0.15) is 0 Å². The number of hydrogen-bond acceptors (Lipinski definition) is 2. The highest BCUT2D eigenvalue weighted by molar-refractivity contribution is 5.94. The molecule has 0 radical (unpaired) electrons. The van der Waals surface area contributed by atoms with Crippen molar-refractivity contribution in [3.05, 3.63) is 29.6 Å². The van der Waals surface area contributed by atoms with Gasteiger partial charge in [0.25, 0.3) is 5.91 Å². The molecule has 0 heterocycles.